The number of hydrogen-bond donors (Lipinski definition) is 2. The number of piperidine rings is 1. The molecule has 0 aliphatic carbocycles. The van der Waals surface area contributed by atoms with Gasteiger partial charge >= 0.3 is 6.03 Å². The van der Waals surface area contributed by atoms with Crippen LogP contribution in [0.1, 0.15) is 25.3 Å². The van der Waals surface area contributed by atoms with E-state index in [1.165, 1.54) is 6.42 Å². The van der Waals surface area contributed by atoms with E-state index in [1.807, 2.05) is 29.2 Å². The molecule has 1 saturated heterocycles. The zero-order valence-electron chi connectivity index (χ0n) is 11.1. The lowest BCUT2D eigenvalue weighted by molar-refractivity contribution is 0.182. The molecule has 3 N–H and O–H groups in total. The zero-order valence-corrected chi connectivity index (χ0v) is 11.9. The van der Waals surface area contributed by atoms with Gasteiger partial charge in [-0.15, -0.1) is 0 Å². The summed E-state index contributed by atoms with van der Waals surface area (Å²) in [6.45, 7) is 3.84. The highest BCUT2D eigenvalue weighted by atomic mass is 32.1. The molecule has 4 nitrogen and oxygen atoms in total. The Kier molecular flexibility index (Phi) is 4.37. The van der Waals surface area contributed by atoms with E-state index in [9.17, 15) is 4.79 Å². The van der Waals surface area contributed by atoms with E-state index in [-0.39, 0.29) is 6.03 Å². The number of nitrogens with zero attached hydrogens (tertiary/aromatic N) is 1. The Morgan fingerprint density at radius 2 is 2.11 bits per heavy atom. The average Bonchev–Trinajstić information content (AvgIpc) is 2.39. The van der Waals surface area contributed by atoms with Crippen molar-refractivity contribution in [2.75, 3.05) is 18.4 Å². The van der Waals surface area contributed by atoms with E-state index in [0.717, 1.165) is 30.8 Å². The normalized spacial score (nSPS) is 19.0. The molecule has 0 radical (unpaired) electrons. The standard InChI is InChI=1S/C14H19N3OS/c1-10-3-2-8-17(9-10)14(18)16-12-6-4-11(5-7-12)13(15)19/h4-7,10H,2-3,8-9H2,1H3,(H2,15,19)(H,16,18). The fourth-order valence-electron chi connectivity index (χ4n) is 2.29. The summed E-state index contributed by atoms with van der Waals surface area (Å²) in [7, 11) is 0. The van der Waals surface area contributed by atoms with Gasteiger partial charge in [-0.05, 0) is 43.0 Å². The number of carbonyl (C=O) groups is 1. The molecule has 2 amide bonds. The number of nitrogens with two attached hydrogens (primary N) is 1. The SMILES string of the molecule is CC1CCCN(C(=O)Nc2ccc(C(N)=S)cc2)C1. The number of rotatable bonds is 2. The smallest absolute Gasteiger partial charge is 0.321 e. The monoisotopic (exact) mass is 277 g/mol. The third-order valence-corrected chi connectivity index (χ3v) is 3.60. The van der Waals surface area contributed by atoms with Crippen LogP contribution < -0.4 is 11.1 Å². The number of likely N-dealkylation sites (tertiary alicyclic amines) is 1. The van der Waals surface area contributed by atoms with Crippen LogP contribution in [0.4, 0.5) is 10.5 Å². The van der Waals surface area contributed by atoms with Gasteiger partial charge in [-0.3, -0.25) is 0 Å². The minimum absolute atomic E-state index is 0.0328. The minimum atomic E-state index is -0.0328. The molecule has 19 heavy (non-hydrogen) atoms. The zero-order chi connectivity index (χ0) is 13.8. The van der Waals surface area contributed by atoms with Gasteiger partial charge in [-0.2, -0.15) is 0 Å². The predicted molar refractivity (Wildman–Crippen MR) is 81.3 cm³/mol. The molecule has 1 atom stereocenters. The third kappa shape index (κ3) is 3.67. The summed E-state index contributed by atoms with van der Waals surface area (Å²) in [4.78, 5) is 14.3. The molecule has 5 heteroatoms. The summed E-state index contributed by atoms with van der Waals surface area (Å²) < 4.78 is 0. The Hall–Kier alpha value is -1.62. The van der Waals surface area contributed by atoms with Crippen LogP contribution in [-0.2, 0) is 0 Å². The predicted octanol–water partition coefficient (Wildman–Crippen LogP) is 2.58. The Bertz CT molecular complexity index is 472. The first-order chi connectivity index (χ1) is 9.06. The van der Waals surface area contributed by atoms with Gasteiger partial charge in [0.1, 0.15) is 4.99 Å². The molecule has 0 spiro atoms. The molecule has 0 saturated carbocycles. The maximum Gasteiger partial charge on any atom is 0.321 e. The van der Waals surface area contributed by atoms with Crippen LogP contribution in [0, 0.1) is 5.92 Å². The van der Waals surface area contributed by atoms with Crippen molar-refractivity contribution in [3.63, 3.8) is 0 Å². The van der Waals surface area contributed by atoms with Crippen LogP contribution in [0.2, 0.25) is 0 Å². The average molecular weight is 277 g/mol. The number of thiocarbonyl (C=S) groups is 1. The van der Waals surface area contributed by atoms with Crippen molar-refractivity contribution in [3.8, 4) is 0 Å². The Labute approximate surface area is 119 Å². The number of nitrogens with one attached hydrogen (secondary N) is 1. The Morgan fingerprint density at radius 1 is 1.42 bits per heavy atom. The fourth-order valence-corrected chi connectivity index (χ4v) is 2.43. The molecule has 0 bridgehead atoms. The lowest BCUT2D eigenvalue weighted by atomic mass is 10.0. The Balaban J connectivity index is 1.96. The third-order valence-electron chi connectivity index (χ3n) is 3.36. The number of anilines is 1. The van der Waals surface area contributed by atoms with E-state index < -0.39 is 0 Å². The van der Waals surface area contributed by atoms with Crippen LogP contribution in [-0.4, -0.2) is 29.0 Å². The second-order valence-corrected chi connectivity index (χ2v) is 5.50. The number of hydrogen-bond acceptors (Lipinski definition) is 2. The second kappa shape index (κ2) is 6.02. The van der Waals surface area contributed by atoms with E-state index in [4.69, 9.17) is 18.0 Å². The van der Waals surface area contributed by atoms with E-state index in [1.54, 1.807) is 0 Å². The maximum absolute atomic E-state index is 12.1. The fraction of sp³-hybridized carbons (Fsp3) is 0.429. The molecule has 2 rings (SSSR count). The van der Waals surface area contributed by atoms with Crippen molar-refractivity contribution >= 4 is 28.9 Å². The summed E-state index contributed by atoms with van der Waals surface area (Å²) >= 11 is 4.89. The van der Waals surface area contributed by atoms with E-state index in [2.05, 4.69) is 12.2 Å². The number of carbonyl (C=O) groups excluding carboxylic acids is 1. The highest BCUT2D eigenvalue weighted by Crippen LogP contribution is 2.17. The first-order valence-corrected chi connectivity index (χ1v) is 6.93. The molecule has 1 aliphatic rings. The van der Waals surface area contributed by atoms with Crippen molar-refractivity contribution in [2.24, 2.45) is 11.7 Å². The van der Waals surface area contributed by atoms with Gasteiger partial charge in [0.25, 0.3) is 0 Å². The first kappa shape index (κ1) is 13.8. The van der Waals surface area contributed by atoms with Gasteiger partial charge in [0, 0.05) is 24.3 Å². The number of urea groups is 1. The molecule has 1 aromatic carbocycles. The molecular weight excluding hydrogens is 258 g/mol. The van der Waals surface area contributed by atoms with Crippen molar-refractivity contribution < 1.29 is 4.79 Å². The molecule has 1 heterocycles. The minimum Gasteiger partial charge on any atom is -0.389 e. The number of benzene rings is 1. The van der Waals surface area contributed by atoms with Gasteiger partial charge in [-0.25, -0.2) is 4.79 Å². The molecule has 1 fully saturated rings. The highest BCUT2D eigenvalue weighted by molar-refractivity contribution is 7.80. The molecule has 1 aromatic rings. The van der Waals surface area contributed by atoms with Crippen LogP contribution >= 0.6 is 12.2 Å². The van der Waals surface area contributed by atoms with Gasteiger partial charge in [-0.1, -0.05) is 19.1 Å². The lowest BCUT2D eigenvalue weighted by Gasteiger charge is -2.30. The van der Waals surface area contributed by atoms with Gasteiger partial charge in [0.05, 0.1) is 0 Å². The van der Waals surface area contributed by atoms with Crippen molar-refractivity contribution in [3.05, 3.63) is 29.8 Å². The van der Waals surface area contributed by atoms with Crippen LogP contribution in [0.25, 0.3) is 0 Å². The van der Waals surface area contributed by atoms with Crippen molar-refractivity contribution in [1.82, 2.24) is 4.90 Å². The lowest BCUT2D eigenvalue weighted by Crippen LogP contribution is -2.41. The summed E-state index contributed by atoms with van der Waals surface area (Å²) in [5, 5.41) is 2.90. The van der Waals surface area contributed by atoms with Gasteiger partial charge in [0.2, 0.25) is 0 Å². The molecule has 1 unspecified atom stereocenters. The van der Waals surface area contributed by atoms with Crippen molar-refractivity contribution in [2.45, 2.75) is 19.8 Å². The van der Waals surface area contributed by atoms with E-state index >= 15 is 0 Å². The highest BCUT2D eigenvalue weighted by Gasteiger charge is 2.20. The second-order valence-electron chi connectivity index (χ2n) is 5.07. The summed E-state index contributed by atoms with van der Waals surface area (Å²) in [6, 6.07) is 7.24. The molecular formula is C14H19N3OS. The summed E-state index contributed by atoms with van der Waals surface area (Å²) in [5.41, 5.74) is 7.11. The quantitative estimate of drug-likeness (QED) is 0.817. The molecule has 102 valence electrons. The number of amides is 2. The maximum atomic E-state index is 12.1. The van der Waals surface area contributed by atoms with E-state index in [0.29, 0.717) is 10.9 Å². The van der Waals surface area contributed by atoms with Crippen LogP contribution in [0.3, 0.4) is 0 Å². The van der Waals surface area contributed by atoms with Gasteiger partial charge in [0.15, 0.2) is 0 Å². The molecule has 1 aliphatic heterocycles. The largest absolute Gasteiger partial charge is 0.389 e. The van der Waals surface area contributed by atoms with Gasteiger partial charge < -0.3 is 16.0 Å². The topological polar surface area (TPSA) is 58.4 Å². The summed E-state index contributed by atoms with van der Waals surface area (Å²) in [6.07, 6.45) is 2.28. The van der Waals surface area contributed by atoms with Crippen molar-refractivity contribution in [1.29, 1.82) is 0 Å². The van der Waals surface area contributed by atoms with Crippen LogP contribution in [0.15, 0.2) is 24.3 Å². The Morgan fingerprint density at radius 3 is 2.68 bits per heavy atom. The van der Waals surface area contributed by atoms with Crippen LogP contribution in [0.5, 0.6) is 0 Å². The first-order valence-electron chi connectivity index (χ1n) is 6.52. The summed E-state index contributed by atoms with van der Waals surface area (Å²) in [5.74, 6) is 0.580. The molecule has 0 aromatic heterocycles.